The monoisotopic (exact) mass is 1040 g/mol. The van der Waals surface area contributed by atoms with Crippen LogP contribution in [0.5, 0.6) is 11.5 Å². The maximum atomic E-state index is 12.3. The minimum Gasteiger partial charge on any atom is -0.482 e. The third-order valence-corrected chi connectivity index (χ3v) is 14.3. The summed E-state index contributed by atoms with van der Waals surface area (Å²) in [5, 5.41) is 0. The van der Waals surface area contributed by atoms with Gasteiger partial charge in [-0.1, -0.05) is 144 Å². The number of nitrogens with one attached hydrogen (secondary N) is 2. The predicted molar refractivity (Wildman–Crippen MR) is 320 cm³/mol. The van der Waals surface area contributed by atoms with Crippen LogP contribution in [-0.4, -0.2) is 58.3 Å². The highest BCUT2D eigenvalue weighted by Crippen LogP contribution is 2.43. The van der Waals surface area contributed by atoms with Gasteiger partial charge in [-0.25, -0.2) is 19.6 Å². The molecular weight excluding hydrogens is 969 g/mol. The second-order valence-electron chi connectivity index (χ2n) is 24.3. The first-order valence-corrected chi connectivity index (χ1v) is 27.1. The van der Waals surface area contributed by atoms with Gasteiger partial charge < -0.3 is 28.9 Å². The fourth-order valence-corrected chi connectivity index (χ4v) is 9.82. The Morgan fingerprint density at radius 3 is 0.910 bits per heavy atom. The zero-order chi connectivity index (χ0) is 55.9. The van der Waals surface area contributed by atoms with Gasteiger partial charge >= 0.3 is 11.9 Å². The number of hydrogen-bond donors (Lipinski definition) is 2. The van der Waals surface area contributed by atoms with E-state index in [0.29, 0.717) is 11.5 Å². The molecule has 2 aliphatic heterocycles. The Labute approximate surface area is 460 Å². The van der Waals surface area contributed by atoms with E-state index in [4.69, 9.17) is 28.9 Å². The lowest BCUT2D eigenvalue weighted by Crippen LogP contribution is -2.16. The molecule has 402 valence electrons. The van der Waals surface area contributed by atoms with Gasteiger partial charge in [0.15, 0.2) is 13.2 Å². The van der Waals surface area contributed by atoms with Crippen molar-refractivity contribution in [2.45, 2.75) is 119 Å². The first kappa shape index (κ1) is 54.8. The molecule has 78 heavy (non-hydrogen) atoms. The molecule has 0 spiro atoms. The number of nitrogens with zero attached hydrogens (tertiary/aromatic N) is 2. The van der Waals surface area contributed by atoms with E-state index in [1.165, 1.54) is 22.3 Å². The van der Waals surface area contributed by atoms with Crippen LogP contribution in [0, 0.1) is 0 Å². The lowest BCUT2D eigenvalue weighted by molar-refractivity contribution is -0.146. The van der Waals surface area contributed by atoms with E-state index in [9.17, 15) is 9.59 Å². The molecule has 10 nitrogen and oxygen atoms in total. The average Bonchev–Trinajstić information content (AvgIpc) is 4.40. The van der Waals surface area contributed by atoms with E-state index in [1.54, 1.807) is 13.8 Å². The van der Waals surface area contributed by atoms with Crippen LogP contribution >= 0.6 is 0 Å². The Bertz CT molecular complexity index is 3360. The van der Waals surface area contributed by atoms with Crippen molar-refractivity contribution in [3.05, 3.63) is 154 Å². The first-order chi connectivity index (χ1) is 36.9. The van der Waals surface area contributed by atoms with E-state index in [0.717, 1.165) is 89.4 Å². The Morgan fingerprint density at radius 1 is 0.385 bits per heavy atom. The summed E-state index contributed by atoms with van der Waals surface area (Å²) in [5.41, 5.74) is 18.6. The topological polar surface area (TPSA) is 128 Å². The number of rotatable bonds is 12. The van der Waals surface area contributed by atoms with Crippen LogP contribution in [-0.2, 0) is 40.7 Å². The van der Waals surface area contributed by atoms with Gasteiger partial charge in [0.1, 0.15) is 11.5 Å². The molecule has 0 unspecified atom stereocenters. The van der Waals surface area contributed by atoms with E-state index < -0.39 is 11.9 Å². The van der Waals surface area contributed by atoms with Gasteiger partial charge in [-0.05, 0) is 153 Å². The van der Waals surface area contributed by atoms with Crippen molar-refractivity contribution >= 4 is 58.3 Å². The molecule has 0 saturated carbocycles. The largest absolute Gasteiger partial charge is 0.482 e. The maximum Gasteiger partial charge on any atom is 0.344 e. The Balaban J connectivity index is 1.41. The summed E-state index contributed by atoms with van der Waals surface area (Å²) in [5.74, 6) is 0.214. The van der Waals surface area contributed by atoms with E-state index in [2.05, 4.69) is 178 Å². The van der Waals surface area contributed by atoms with Crippen LogP contribution in [0.25, 0.3) is 90.9 Å². The summed E-state index contributed by atoms with van der Waals surface area (Å²) in [6, 6.07) is 38.1. The molecule has 9 rings (SSSR count). The summed E-state index contributed by atoms with van der Waals surface area (Å²) < 4.78 is 22.0. The normalized spacial score (nSPS) is 12.7. The second-order valence-corrected chi connectivity index (χ2v) is 24.3. The highest BCUT2D eigenvalue weighted by Gasteiger charge is 2.26. The third-order valence-electron chi connectivity index (χ3n) is 14.3. The van der Waals surface area contributed by atoms with Crippen molar-refractivity contribution in [3.8, 4) is 56.0 Å². The lowest BCUT2D eigenvalue weighted by atomic mass is 9.78. The van der Waals surface area contributed by atoms with Crippen molar-refractivity contribution in [1.82, 2.24) is 19.9 Å². The minimum atomic E-state index is -0.430. The van der Waals surface area contributed by atoms with E-state index in [-0.39, 0.29) is 48.1 Å². The summed E-state index contributed by atoms with van der Waals surface area (Å²) in [6.07, 6.45) is 8.46. The van der Waals surface area contributed by atoms with Gasteiger partial charge in [-0.3, -0.25) is 0 Å². The van der Waals surface area contributed by atoms with Gasteiger partial charge in [0.2, 0.25) is 0 Å². The minimum absolute atomic E-state index is 0.139. The van der Waals surface area contributed by atoms with Gasteiger partial charge in [0, 0.05) is 44.3 Å². The predicted octanol–water partition coefficient (Wildman–Crippen LogP) is 16.4. The van der Waals surface area contributed by atoms with Crippen molar-refractivity contribution in [3.63, 3.8) is 0 Å². The summed E-state index contributed by atoms with van der Waals surface area (Å²) in [4.78, 5) is 43.7. The molecule has 8 bridgehead atoms. The van der Waals surface area contributed by atoms with Crippen LogP contribution in [0.4, 0.5) is 0 Å². The van der Waals surface area contributed by atoms with E-state index in [1.807, 2.05) is 48.5 Å². The highest BCUT2D eigenvalue weighted by atomic mass is 16.6. The number of esters is 2. The fraction of sp³-hybridized carbons (Fsp3) is 0.324. The SMILES string of the molecule is CCOC(=O)COc1ccc(-c2c3nc(c(-c4ccc(OCC(=O)OCC)cc4)c4ccc([nH]4)c(-c4cc(C(C)(C)C)cc(C(C)(C)C)c4)c4nc(c(-c5cc(C(C)(C)C)cc(C(C)(C)C)c5)c5ccc2[nH]5)C=C4)C=C3)cc1. The van der Waals surface area contributed by atoms with Crippen molar-refractivity contribution in [2.75, 3.05) is 26.4 Å². The quantitative estimate of drug-likeness (QED) is 0.116. The van der Waals surface area contributed by atoms with Crippen molar-refractivity contribution in [1.29, 1.82) is 0 Å². The maximum absolute atomic E-state index is 12.3. The van der Waals surface area contributed by atoms with E-state index >= 15 is 0 Å². The third kappa shape index (κ3) is 11.9. The zero-order valence-electron chi connectivity index (χ0n) is 47.9. The zero-order valence-corrected chi connectivity index (χ0v) is 47.9. The molecular formula is C68H74N4O6. The highest BCUT2D eigenvalue weighted by molar-refractivity contribution is 6.00. The lowest BCUT2D eigenvalue weighted by Gasteiger charge is -2.26. The average molecular weight is 1040 g/mol. The van der Waals surface area contributed by atoms with Crippen LogP contribution < -0.4 is 9.47 Å². The van der Waals surface area contributed by atoms with Crippen LogP contribution in [0.1, 0.15) is 142 Å². The van der Waals surface area contributed by atoms with Gasteiger partial charge in [-0.2, -0.15) is 0 Å². The standard InChI is InChI=1S/C68H74N4O6/c1-15-75-59(73)39-77-49-21-17-41(18-22-49)61-51-25-26-52(69-51)62(42-19-23-50(24-20-42)78-40-60(74)76-16-2)54-28-30-56(71-54)64(44-35-47(67(9,10)11)38-48(36-44)68(12,13)14)58-32-31-57(72-58)63(55-29-27-53(61)70-55)43-33-45(65(3,4)5)37-46(34-43)66(6,7)8/h17-38,70-71H,15-16,39-40H2,1-14H3. The number of aromatic amines is 2. The summed E-state index contributed by atoms with van der Waals surface area (Å²) >= 11 is 0. The molecule has 3 aromatic heterocycles. The van der Waals surface area contributed by atoms with Crippen molar-refractivity contribution in [2.24, 2.45) is 0 Å². The summed E-state index contributed by atoms with van der Waals surface area (Å²) in [7, 11) is 0. The summed E-state index contributed by atoms with van der Waals surface area (Å²) in [6.45, 7) is 31.0. The molecule has 4 aromatic carbocycles. The molecule has 0 fully saturated rings. The molecule has 2 aliphatic rings. The number of carbonyl (C=O) groups excluding carboxylic acids is 2. The number of H-pyrrole nitrogens is 2. The molecule has 0 atom stereocenters. The number of aromatic nitrogens is 4. The number of benzene rings is 4. The van der Waals surface area contributed by atoms with Crippen LogP contribution in [0.15, 0.2) is 109 Å². The second kappa shape index (κ2) is 21.4. The Hall–Kier alpha value is -7.98. The number of hydrogen-bond acceptors (Lipinski definition) is 8. The molecule has 10 heteroatoms. The van der Waals surface area contributed by atoms with Crippen LogP contribution in [0.2, 0.25) is 0 Å². The van der Waals surface area contributed by atoms with Gasteiger partial charge in [0.25, 0.3) is 0 Å². The molecule has 7 aromatic rings. The molecule has 2 N–H and O–H groups in total. The van der Waals surface area contributed by atoms with Crippen molar-refractivity contribution < 1.29 is 28.5 Å². The molecule has 0 amide bonds. The Kier molecular flexibility index (Phi) is 15.1. The van der Waals surface area contributed by atoms with Crippen LogP contribution in [0.3, 0.4) is 0 Å². The molecule has 0 radical (unpaired) electrons. The first-order valence-electron chi connectivity index (χ1n) is 27.1. The Morgan fingerprint density at radius 2 is 0.654 bits per heavy atom. The molecule has 0 aliphatic carbocycles. The van der Waals surface area contributed by atoms with Gasteiger partial charge in [0.05, 0.1) is 36.0 Å². The number of ether oxygens (including phenoxy) is 4. The number of carbonyl (C=O) groups is 2. The number of fused-ring (bicyclic) bond motifs is 8. The molecule has 5 heterocycles. The molecule has 0 saturated heterocycles. The fourth-order valence-electron chi connectivity index (χ4n) is 9.82. The smallest absolute Gasteiger partial charge is 0.344 e. The van der Waals surface area contributed by atoms with Gasteiger partial charge in [-0.15, -0.1) is 0 Å².